The molecule has 2 aromatic rings. The third kappa shape index (κ3) is 3.93. The second kappa shape index (κ2) is 6.70. The maximum atomic E-state index is 5.08. The van der Waals surface area contributed by atoms with Crippen LogP contribution in [0.25, 0.3) is 0 Å². The number of methoxy groups -OCH3 is 2. The first-order chi connectivity index (χ1) is 9.31. The van der Waals surface area contributed by atoms with Crippen molar-refractivity contribution < 1.29 is 9.47 Å². The summed E-state index contributed by atoms with van der Waals surface area (Å²) in [6.45, 7) is 1.51. The second-order valence-electron chi connectivity index (χ2n) is 4.02. The number of nitrogens with one attached hydrogen (secondary N) is 1. The third-order valence-electron chi connectivity index (χ3n) is 2.67. The molecule has 0 radical (unpaired) electrons. The predicted octanol–water partition coefficient (Wildman–Crippen LogP) is 1.78. The van der Waals surface area contributed by atoms with Gasteiger partial charge in [0, 0.05) is 37.6 Å². The average Bonchev–Trinajstić information content (AvgIpc) is 2.48. The van der Waals surface area contributed by atoms with Gasteiger partial charge in [-0.25, -0.2) is 9.97 Å². The molecule has 0 unspecified atom stereocenters. The molecule has 2 heterocycles. The first kappa shape index (κ1) is 13.3. The van der Waals surface area contributed by atoms with E-state index < -0.39 is 0 Å². The van der Waals surface area contributed by atoms with Crippen molar-refractivity contribution in [1.82, 2.24) is 15.3 Å². The molecular formula is C14H17N3O2. The van der Waals surface area contributed by atoms with E-state index in [1.165, 1.54) is 0 Å². The molecule has 100 valence electrons. The lowest BCUT2D eigenvalue weighted by Gasteiger charge is -2.06. The first-order valence-corrected chi connectivity index (χ1v) is 6.00. The van der Waals surface area contributed by atoms with Gasteiger partial charge in [-0.1, -0.05) is 6.07 Å². The first-order valence-electron chi connectivity index (χ1n) is 6.00. The Labute approximate surface area is 112 Å². The largest absolute Gasteiger partial charge is 0.481 e. The summed E-state index contributed by atoms with van der Waals surface area (Å²) in [6.07, 6.45) is 3.55. The summed E-state index contributed by atoms with van der Waals surface area (Å²) in [4.78, 5) is 8.23. The van der Waals surface area contributed by atoms with Crippen molar-refractivity contribution in [1.29, 1.82) is 0 Å². The van der Waals surface area contributed by atoms with E-state index in [4.69, 9.17) is 9.47 Å². The number of hydrogen-bond donors (Lipinski definition) is 1. The van der Waals surface area contributed by atoms with Crippen molar-refractivity contribution in [3.05, 3.63) is 47.8 Å². The van der Waals surface area contributed by atoms with Crippen LogP contribution in [-0.2, 0) is 13.1 Å². The quantitative estimate of drug-likeness (QED) is 0.857. The van der Waals surface area contributed by atoms with Crippen LogP contribution in [0.2, 0.25) is 0 Å². The Morgan fingerprint density at radius 2 is 1.74 bits per heavy atom. The maximum absolute atomic E-state index is 5.08. The van der Waals surface area contributed by atoms with Crippen molar-refractivity contribution in [3.8, 4) is 11.8 Å². The van der Waals surface area contributed by atoms with E-state index in [1.54, 1.807) is 26.6 Å². The number of rotatable bonds is 6. The Balaban J connectivity index is 1.85. The third-order valence-corrected chi connectivity index (χ3v) is 2.67. The lowest BCUT2D eigenvalue weighted by atomic mass is 10.2. The molecule has 0 atom stereocenters. The second-order valence-corrected chi connectivity index (χ2v) is 4.02. The summed E-state index contributed by atoms with van der Waals surface area (Å²) in [5.41, 5.74) is 2.25. The van der Waals surface area contributed by atoms with Crippen molar-refractivity contribution in [2.24, 2.45) is 0 Å². The van der Waals surface area contributed by atoms with E-state index in [0.29, 0.717) is 11.8 Å². The molecule has 0 saturated carbocycles. The van der Waals surface area contributed by atoms with Crippen LogP contribution in [0.5, 0.6) is 11.8 Å². The number of ether oxygens (including phenoxy) is 2. The zero-order chi connectivity index (χ0) is 13.5. The Morgan fingerprint density at radius 3 is 2.42 bits per heavy atom. The topological polar surface area (TPSA) is 56.3 Å². The van der Waals surface area contributed by atoms with E-state index in [2.05, 4.69) is 15.3 Å². The fraction of sp³-hybridized carbons (Fsp3) is 0.286. The van der Waals surface area contributed by atoms with Crippen molar-refractivity contribution in [3.63, 3.8) is 0 Å². The number of nitrogens with zero attached hydrogens (tertiary/aromatic N) is 2. The van der Waals surface area contributed by atoms with Crippen molar-refractivity contribution >= 4 is 0 Å². The van der Waals surface area contributed by atoms with Crippen LogP contribution in [0.1, 0.15) is 11.1 Å². The van der Waals surface area contributed by atoms with Gasteiger partial charge < -0.3 is 14.8 Å². The van der Waals surface area contributed by atoms with Gasteiger partial charge >= 0.3 is 0 Å². The summed E-state index contributed by atoms with van der Waals surface area (Å²) in [7, 11) is 3.22. The normalized spacial score (nSPS) is 10.2. The molecule has 0 fully saturated rings. The fourth-order valence-electron chi connectivity index (χ4n) is 1.66. The minimum atomic E-state index is 0.627. The Hall–Kier alpha value is -2.14. The molecule has 5 heteroatoms. The van der Waals surface area contributed by atoms with Crippen molar-refractivity contribution in [2.45, 2.75) is 13.1 Å². The van der Waals surface area contributed by atoms with Gasteiger partial charge in [0.2, 0.25) is 11.8 Å². The van der Waals surface area contributed by atoms with Gasteiger partial charge in [0.25, 0.3) is 0 Å². The van der Waals surface area contributed by atoms with Crippen LogP contribution in [0.3, 0.4) is 0 Å². The molecule has 2 aromatic heterocycles. The van der Waals surface area contributed by atoms with Gasteiger partial charge in [0.15, 0.2) is 0 Å². The van der Waals surface area contributed by atoms with Crippen molar-refractivity contribution in [2.75, 3.05) is 14.2 Å². The smallest absolute Gasteiger partial charge is 0.213 e. The number of aromatic nitrogens is 2. The van der Waals surface area contributed by atoms with E-state index in [9.17, 15) is 0 Å². The highest BCUT2D eigenvalue weighted by molar-refractivity contribution is 5.21. The van der Waals surface area contributed by atoms with Crippen LogP contribution < -0.4 is 14.8 Å². The average molecular weight is 259 g/mol. The molecule has 19 heavy (non-hydrogen) atoms. The summed E-state index contributed by atoms with van der Waals surface area (Å²) >= 11 is 0. The SMILES string of the molecule is COc1ccc(CNCc2ccnc(OC)c2)cn1. The van der Waals surface area contributed by atoms with Gasteiger partial charge in [-0.2, -0.15) is 0 Å². The molecule has 0 aromatic carbocycles. The Bertz CT molecular complexity index is 514. The summed E-state index contributed by atoms with van der Waals surface area (Å²) in [5, 5.41) is 3.34. The van der Waals surface area contributed by atoms with Gasteiger partial charge in [0.05, 0.1) is 14.2 Å². The summed E-state index contributed by atoms with van der Waals surface area (Å²) < 4.78 is 10.1. The fourth-order valence-corrected chi connectivity index (χ4v) is 1.66. The number of pyridine rings is 2. The van der Waals surface area contributed by atoms with Crippen LogP contribution in [0, 0.1) is 0 Å². The molecule has 0 amide bonds. The lowest BCUT2D eigenvalue weighted by Crippen LogP contribution is -2.13. The van der Waals surface area contributed by atoms with E-state index in [0.717, 1.165) is 24.2 Å². The van der Waals surface area contributed by atoms with Gasteiger partial charge in [0.1, 0.15) is 0 Å². The van der Waals surface area contributed by atoms with Crippen LogP contribution in [0.4, 0.5) is 0 Å². The Morgan fingerprint density at radius 1 is 0.947 bits per heavy atom. The van der Waals surface area contributed by atoms with Crippen LogP contribution in [0.15, 0.2) is 36.7 Å². The highest BCUT2D eigenvalue weighted by atomic mass is 16.5. The molecule has 5 nitrogen and oxygen atoms in total. The van der Waals surface area contributed by atoms with Gasteiger partial charge in [-0.15, -0.1) is 0 Å². The van der Waals surface area contributed by atoms with Crippen LogP contribution in [-0.4, -0.2) is 24.2 Å². The van der Waals surface area contributed by atoms with Gasteiger partial charge in [-0.3, -0.25) is 0 Å². The Kier molecular flexibility index (Phi) is 4.69. The van der Waals surface area contributed by atoms with E-state index >= 15 is 0 Å². The standard InChI is InChI=1S/C14H17N3O2/c1-18-13-4-3-12(10-17-13)9-15-8-11-5-6-16-14(7-11)19-2/h3-7,10,15H,8-9H2,1-2H3. The molecule has 0 aliphatic carbocycles. The molecule has 2 rings (SSSR count). The molecule has 0 saturated heterocycles. The molecule has 0 aliphatic heterocycles. The molecule has 0 spiro atoms. The molecule has 0 aliphatic rings. The maximum Gasteiger partial charge on any atom is 0.213 e. The number of hydrogen-bond acceptors (Lipinski definition) is 5. The van der Waals surface area contributed by atoms with E-state index in [1.807, 2.05) is 24.3 Å². The summed E-state index contributed by atoms with van der Waals surface area (Å²) in [5.74, 6) is 1.26. The zero-order valence-electron chi connectivity index (χ0n) is 11.1. The highest BCUT2D eigenvalue weighted by Crippen LogP contribution is 2.09. The van der Waals surface area contributed by atoms with Gasteiger partial charge in [-0.05, 0) is 17.2 Å². The lowest BCUT2D eigenvalue weighted by molar-refractivity contribution is 0.396. The predicted molar refractivity (Wildman–Crippen MR) is 72.1 cm³/mol. The molecule has 0 bridgehead atoms. The van der Waals surface area contributed by atoms with Crippen LogP contribution >= 0.6 is 0 Å². The minimum absolute atomic E-state index is 0.627. The molecular weight excluding hydrogens is 242 g/mol. The zero-order valence-corrected chi connectivity index (χ0v) is 11.1. The van der Waals surface area contributed by atoms with E-state index in [-0.39, 0.29) is 0 Å². The molecule has 1 N–H and O–H groups in total. The minimum Gasteiger partial charge on any atom is -0.481 e. The summed E-state index contributed by atoms with van der Waals surface area (Å²) in [6, 6.07) is 7.72. The monoisotopic (exact) mass is 259 g/mol. The highest BCUT2D eigenvalue weighted by Gasteiger charge is 1.98.